The van der Waals surface area contributed by atoms with Crippen molar-refractivity contribution in [1.29, 1.82) is 0 Å². The summed E-state index contributed by atoms with van der Waals surface area (Å²) in [5, 5.41) is 8.74. The molecule has 102 valence electrons. The Morgan fingerprint density at radius 3 is 2.84 bits per heavy atom. The minimum atomic E-state index is -0.840. The van der Waals surface area contributed by atoms with Crippen LogP contribution in [-0.2, 0) is 11.8 Å². The fourth-order valence-electron chi connectivity index (χ4n) is 2.29. The quantitative estimate of drug-likeness (QED) is 0.852. The summed E-state index contributed by atoms with van der Waals surface area (Å²) in [4.78, 5) is 35.9. The van der Waals surface area contributed by atoms with Gasteiger partial charge in [0.1, 0.15) is 0 Å². The van der Waals surface area contributed by atoms with Crippen LogP contribution in [0.1, 0.15) is 23.2 Å². The highest BCUT2D eigenvalue weighted by atomic mass is 16.4. The maximum Gasteiger partial charge on any atom is 0.303 e. The molecule has 1 saturated heterocycles. The molecule has 6 nitrogen and oxygen atoms in total. The van der Waals surface area contributed by atoms with Crippen molar-refractivity contribution in [2.45, 2.75) is 12.8 Å². The van der Waals surface area contributed by atoms with Crippen molar-refractivity contribution in [3.05, 3.63) is 34.2 Å². The zero-order valence-electron chi connectivity index (χ0n) is 10.7. The summed E-state index contributed by atoms with van der Waals surface area (Å²) >= 11 is 0. The predicted octanol–water partition coefficient (Wildman–Crippen LogP) is 0.322. The van der Waals surface area contributed by atoms with E-state index in [4.69, 9.17) is 5.11 Å². The van der Waals surface area contributed by atoms with Crippen LogP contribution < -0.4 is 5.56 Å². The average Bonchev–Trinajstić information content (AvgIpc) is 2.79. The van der Waals surface area contributed by atoms with E-state index in [-0.39, 0.29) is 23.8 Å². The van der Waals surface area contributed by atoms with E-state index in [1.807, 2.05) is 0 Å². The summed E-state index contributed by atoms with van der Waals surface area (Å²) in [6.45, 7) is 0.992. The number of carbonyl (C=O) groups excluding carboxylic acids is 1. The molecule has 0 saturated carbocycles. The molecule has 1 atom stereocenters. The number of hydrogen-bond acceptors (Lipinski definition) is 3. The Hall–Kier alpha value is -2.11. The molecule has 0 aliphatic carbocycles. The number of carboxylic acid groups (broad SMARTS) is 1. The Labute approximate surface area is 110 Å². The Morgan fingerprint density at radius 2 is 2.21 bits per heavy atom. The molecule has 0 radical (unpaired) electrons. The van der Waals surface area contributed by atoms with Gasteiger partial charge in [0.05, 0.1) is 0 Å². The molecule has 2 heterocycles. The molecular weight excluding hydrogens is 248 g/mol. The van der Waals surface area contributed by atoms with Crippen LogP contribution in [0.25, 0.3) is 0 Å². The molecule has 0 spiro atoms. The third kappa shape index (κ3) is 3.01. The smallest absolute Gasteiger partial charge is 0.303 e. The van der Waals surface area contributed by atoms with Crippen LogP contribution in [0.5, 0.6) is 0 Å². The summed E-state index contributed by atoms with van der Waals surface area (Å²) < 4.78 is 1.40. The van der Waals surface area contributed by atoms with Crippen LogP contribution in [0.3, 0.4) is 0 Å². The number of aryl methyl sites for hydroxylation is 1. The SMILES string of the molecule is Cn1ccc(C(=O)N2CCC(CC(=O)O)C2)cc1=O. The van der Waals surface area contributed by atoms with E-state index < -0.39 is 5.97 Å². The molecule has 0 bridgehead atoms. The van der Waals surface area contributed by atoms with Gasteiger partial charge in [0.15, 0.2) is 0 Å². The van der Waals surface area contributed by atoms with E-state index in [9.17, 15) is 14.4 Å². The third-order valence-corrected chi connectivity index (χ3v) is 3.39. The minimum absolute atomic E-state index is 0.00740. The zero-order valence-corrected chi connectivity index (χ0v) is 10.7. The summed E-state index contributed by atoms with van der Waals surface area (Å²) in [7, 11) is 1.62. The number of carbonyl (C=O) groups is 2. The second kappa shape index (κ2) is 5.26. The summed E-state index contributed by atoms with van der Waals surface area (Å²) in [5.74, 6) is -1.04. The highest BCUT2D eigenvalue weighted by Crippen LogP contribution is 2.21. The maximum absolute atomic E-state index is 12.2. The first kappa shape index (κ1) is 13.3. The monoisotopic (exact) mass is 264 g/mol. The molecule has 1 N–H and O–H groups in total. The van der Waals surface area contributed by atoms with Gasteiger partial charge in [-0.05, 0) is 18.4 Å². The number of hydrogen-bond donors (Lipinski definition) is 1. The van der Waals surface area contributed by atoms with Crippen LogP contribution in [0.2, 0.25) is 0 Å². The molecule has 0 aromatic carbocycles. The van der Waals surface area contributed by atoms with Crippen LogP contribution in [0, 0.1) is 5.92 Å². The molecule has 6 heteroatoms. The lowest BCUT2D eigenvalue weighted by Gasteiger charge is -2.16. The van der Waals surface area contributed by atoms with Crippen molar-refractivity contribution in [3.63, 3.8) is 0 Å². The fraction of sp³-hybridized carbons (Fsp3) is 0.462. The number of aliphatic carboxylic acids is 1. The van der Waals surface area contributed by atoms with Crippen LogP contribution in [0.15, 0.2) is 23.1 Å². The van der Waals surface area contributed by atoms with E-state index >= 15 is 0 Å². The lowest BCUT2D eigenvalue weighted by molar-refractivity contribution is -0.138. The number of aromatic nitrogens is 1. The van der Waals surface area contributed by atoms with E-state index in [2.05, 4.69) is 0 Å². The van der Waals surface area contributed by atoms with Crippen LogP contribution in [-0.4, -0.2) is 39.5 Å². The predicted molar refractivity (Wildman–Crippen MR) is 67.9 cm³/mol. The molecule has 1 fully saturated rings. The zero-order chi connectivity index (χ0) is 14.0. The number of rotatable bonds is 3. The Kier molecular flexibility index (Phi) is 3.69. The highest BCUT2D eigenvalue weighted by Gasteiger charge is 2.28. The number of carboxylic acids is 1. The first-order valence-electron chi connectivity index (χ1n) is 6.15. The summed E-state index contributed by atoms with van der Waals surface area (Å²) in [5.41, 5.74) is 0.131. The van der Waals surface area contributed by atoms with Gasteiger partial charge in [-0.3, -0.25) is 14.4 Å². The van der Waals surface area contributed by atoms with Crippen molar-refractivity contribution in [1.82, 2.24) is 9.47 Å². The molecular formula is C13H16N2O4. The molecule has 1 aliphatic rings. The van der Waals surface area contributed by atoms with Gasteiger partial charge in [-0.25, -0.2) is 0 Å². The largest absolute Gasteiger partial charge is 0.481 e. The van der Waals surface area contributed by atoms with E-state index in [0.717, 1.165) is 0 Å². The molecule has 1 aromatic rings. The Balaban J connectivity index is 2.07. The molecule has 19 heavy (non-hydrogen) atoms. The Morgan fingerprint density at radius 1 is 1.47 bits per heavy atom. The lowest BCUT2D eigenvalue weighted by atomic mass is 10.1. The van der Waals surface area contributed by atoms with Gasteiger partial charge >= 0.3 is 5.97 Å². The Bertz CT molecular complexity index is 564. The molecule has 1 aliphatic heterocycles. The van der Waals surface area contributed by atoms with E-state index in [1.165, 1.54) is 10.6 Å². The summed E-state index contributed by atoms with van der Waals surface area (Å²) in [6.07, 6.45) is 2.34. The standard InChI is InChI=1S/C13H16N2O4/c1-14-4-3-10(7-11(14)16)13(19)15-5-2-9(8-15)6-12(17)18/h3-4,7,9H,2,5-6,8H2,1H3,(H,17,18). The average molecular weight is 264 g/mol. The second-order valence-electron chi connectivity index (χ2n) is 4.87. The molecule has 2 rings (SSSR count). The van der Waals surface area contributed by atoms with Crippen molar-refractivity contribution >= 4 is 11.9 Å². The first-order valence-corrected chi connectivity index (χ1v) is 6.15. The van der Waals surface area contributed by atoms with Gasteiger partial charge in [-0.15, -0.1) is 0 Å². The number of likely N-dealkylation sites (tertiary alicyclic amines) is 1. The van der Waals surface area contributed by atoms with E-state index in [1.54, 1.807) is 24.2 Å². The van der Waals surface area contributed by atoms with Crippen molar-refractivity contribution in [2.75, 3.05) is 13.1 Å². The second-order valence-corrected chi connectivity index (χ2v) is 4.87. The number of amides is 1. The first-order chi connectivity index (χ1) is 8.97. The molecule has 1 aromatic heterocycles. The highest BCUT2D eigenvalue weighted by molar-refractivity contribution is 5.94. The third-order valence-electron chi connectivity index (χ3n) is 3.39. The van der Waals surface area contributed by atoms with Gasteiger partial charge in [0.2, 0.25) is 0 Å². The number of nitrogens with zero attached hydrogens (tertiary/aromatic N) is 2. The van der Waals surface area contributed by atoms with Crippen molar-refractivity contribution < 1.29 is 14.7 Å². The molecule has 1 unspecified atom stereocenters. The van der Waals surface area contributed by atoms with Gasteiger partial charge in [0, 0.05) is 44.4 Å². The van der Waals surface area contributed by atoms with Crippen LogP contribution >= 0.6 is 0 Å². The minimum Gasteiger partial charge on any atom is -0.481 e. The van der Waals surface area contributed by atoms with Crippen molar-refractivity contribution in [3.8, 4) is 0 Å². The topological polar surface area (TPSA) is 79.6 Å². The van der Waals surface area contributed by atoms with E-state index in [0.29, 0.717) is 25.1 Å². The molecule has 1 amide bonds. The summed E-state index contributed by atoms with van der Waals surface area (Å²) in [6, 6.07) is 2.92. The van der Waals surface area contributed by atoms with Gasteiger partial charge < -0.3 is 14.6 Å². The van der Waals surface area contributed by atoms with Gasteiger partial charge in [0.25, 0.3) is 11.5 Å². The van der Waals surface area contributed by atoms with Gasteiger partial charge in [-0.2, -0.15) is 0 Å². The van der Waals surface area contributed by atoms with Gasteiger partial charge in [-0.1, -0.05) is 0 Å². The fourth-order valence-corrected chi connectivity index (χ4v) is 2.29. The van der Waals surface area contributed by atoms with Crippen molar-refractivity contribution in [2.24, 2.45) is 13.0 Å². The van der Waals surface area contributed by atoms with Crippen LogP contribution in [0.4, 0.5) is 0 Å². The normalized spacial score (nSPS) is 18.6. The lowest BCUT2D eigenvalue weighted by Crippen LogP contribution is -2.30. The number of pyridine rings is 1. The maximum atomic E-state index is 12.2.